The Balaban J connectivity index is 0. The fourth-order valence-electron chi connectivity index (χ4n) is 1.53. The van der Waals surface area contributed by atoms with Crippen LogP contribution in [0.15, 0.2) is 22.1 Å². The first-order chi connectivity index (χ1) is 6.40. The van der Waals surface area contributed by atoms with Crippen LogP contribution in [0.1, 0.15) is 41.0 Å². The van der Waals surface area contributed by atoms with Gasteiger partial charge in [-0.25, -0.2) is 0 Å². The number of hydrogen-bond donors (Lipinski definition) is 1. The molecule has 0 radical (unpaired) electrons. The second-order valence-electron chi connectivity index (χ2n) is 5.07. The Bertz CT molecular complexity index is 307. The molecule has 0 unspecified atom stereocenters. The van der Waals surface area contributed by atoms with Crippen LogP contribution in [0.5, 0.6) is 0 Å². The molecule has 0 heterocycles. The molecular weight excluding hydrogens is 277 g/mol. The molecule has 0 atom stereocenters. The van der Waals surface area contributed by atoms with Gasteiger partial charge in [-0.3, -0.25) is 0 Å². The van der Waals surface area contributed by atoms with E-state index in [0.717, 1.165) is 0 Å². The first-order valence-corrected chi connectivity index (χ1v) is 7.56. The van der Waals surface area contributed by atoms with E-state index in [1.807, 2.05) is 0 Å². The molecule has 0 aromatic carbocycles. The Kier molecular flexibility index (Phi) is 9.29. The average Bonchev–Trinajstić information content (AvgIpc) is 2.49. The van der Waals surface area contributed by atoms with E-state index in [-0.39, 0.29) is 30.4 Å². The van der Waals surface area contributed by atoms with Gasteiger partial charge in [-0.2, -0.15) is 0 Å². The minimum Gasteiger partial charge on any atom is -0.147 e. The SMILES string of the molecule is C[C](C)=[Ti]([NH]C(C)(C)C)[C]1=CC=CC1.Cl.Cl. The molecule has 1 aliphatic rings. The van der Waals surface area contributed by atoms with Crippen LogP contribution >= 0.6 is 24.8 Å². The van der Waals surface area contributed by atoms with Crippen molar-refractivity contribution in [2.24, 2.45) is 0 Å². The third-order valence-corrected chi connectivity index (χ3v) is 6.80. The fraction of sp³-hybridized carbons (Fsp3) is 0.583. The molecule has 0 spiro atoms. The third kappa shape index (κ3) is 6.37. The molecule has 0 aliphatic heterocycles. The maximum absolute atomic E-state index is 3.82. The first kappa shape index (κ1) is 19.0. The van der Waals surface area contributed by atoms with Crippen molar-refractivity contribution < 1.29 is 17.7 Å². The topological polar surface area (TPSA) is 12.0 Å². The molecule has 1 rings (SSSR count). The van der Waals surface area contributed by atoms with Crippen molar-refractivity contribution in [1.29, 1.82) is 0 Å². The van der Waals surface area contributed by atoms with Gasteiger partial charge in [0.15, 0.2) is 0 Å². The van der Waals surface area contributed by atoms with Gasteiger partial charge in [0.1, 0.15) is 0 Å². The molecule has 1 N–H and O–H groups in total. The molecule has 0 bridgehead atoms. The summed E-state index contributed by atoms with van der Waals surface area (Å²) in [5.41, 5.74) is 0.246. The minimum atomic E-state index is -1.31. The summed E-state index contributed by atoms with van der Waals surface area (Å²) >= 11 is -1.31. The summed E-state index contributed by atoms with van der Waals surface area (Å²) in [6.07, 6.45) is 7.93. The van der Waals surface area contributed by atoms with Gasteiger partial charge in [-0.1, -0.05) is 0 Å². The second kappa shape index (κ2) is 7.84. The van der Waals surface area contributed by atoms with Crippen molar-refractivity contribution in [1.82, 2.24) is 3.80 Å². The maximum Gasteiger partial charge on any atom is -0.147 e. The van der Waals surface area contributed by atoms with Crippen LogP contribution in [0.3, 0.4) is 0 Å². The van der Waals surface area contributed by atoms with E-state index in [9.17, 15) is 0 Å². The van der Waals surface area contributed by atoms with Crippen LogP contribution < -0.4 is 3.80 Å². The minimum absolute atomic E-state index is 0. The molecule has 94 valence electrons. The van der Waals surface area contributed by atoms with Gasteiger partial charge < -0.3 is 0 Å². The summed E-state index contributed by atoms with van der Waals surface area (Å²) in [7, 11) is 0. The molecule has 0 aromatic heterocycles. The van der Waals surface area contributed by atoms with Crippen LogP contribution in [-0.4, -0.2) is 9.35 Å². The van der Waals surface area contributed by atoms with Crippen molar-refractivity contribution in [3.05, 3.63) is 22.1 Å². The van der Waals surface area contributed by atoms with Crippen LogP contribution in [0.4, 0.5) is 0 Å². The summed E-state index contributed by atoms with van der Waals surface area (Å²) in [6, 6.07) is 0. The molecule has 0 amide bonds. The van der Waals surface area contributed by atoms with E-state index < -0.39 is 17.7 Å². The van der Waals surface area contributed by atoms with Gasteiger partial charge in [0.05, 0.1) is 0 Å². The Morgan fingerprint density at radius 1 is 1.25 bits per heavy atom. The van der Waals surface area contributed by atoms with Crippen LogP contribution in [0.2, 0.25) is 0 Å². The molecule has 16 heavy (non-hydrogen) atoms. The summed E-state index contributed by atoms with van der Waals surface area (Å²) in [6.45, 7) is 11.3. The van der Waals surface area contributed by atoms with E-state index in [1.165, 1.54) is 6.42 Å². The van der Waals surface area contributed by atoms with Gasteiger partial charge in [0.25, 0.3) is 0 Å². The van der Waals surface area contributed by atoms with Crippen molar-refractivity contribution >= 4 is 28.6 Å². The fourth-order valence-corrected chi connectivity index (χ4v) is 5.26. The van der Waals surface area contributed by atoms with Crippen molar-refractivity contribution in [2.45, 2.75) is 46.6 Å². The van der Waals surface area contributed by atoms with E-state index in [4.69, 9.17) is 0 Å². The zero-order valence-corrected chi connectivity index (χ0v) is 14.0. The van der Waals surface area contributed by atoms with Crippen molar-refractivity contribution in [3.8, 4) is 0 Å². The molecule has 1 nitrogen and oxygen atoms in total. The smallest absolute Gasteiger partial charge is 0.147 e. The number of nitrogens with one attached hydrogen (secondary N) is 1. The second-order valence-corrected chi connectivity index (χ2v) is 9.20. The maximum atomic E-state index is 3.82. The van der Waals surface area contributed by atoms with E-state index >= 15 is 0 Å². The monoisotopic (exact) mass is 299 g/mol. The zero-order valence-electron chi connectivity index (χ0n) is 10.8. The Morgan fingerprint density at radius 2 is 1.81 bits per heavy atom. The number of hydrogen-bond acceptors (Lipinski definition) is 1. The third-order valence-electron chi connectivity index (χ3n) is 2.09. The zero-order chi connectivity index (χ0) is 10.8. The predicted molar refractivity (Wildman–Crippen MR) is 75.6 cm³/mol. The van der Waals surface area contributed by atoms with Gasteiger partial charge in [0, 0.05) is 0 Å². The molecule has 1 aliphatic carbocycles. The normalized spacial score (nSPS) is 13.7. The summed E-state index contributed by atoms with van der Waals surface area (Å²) < 4.78 is 7.08. The summed E-state index contributed by atoms with van der Waals surface area (Å²) in [5.74, 6) is 0. The molecule has 0 fully saturated rings. The van der Waals surface area contributed by atoms with Crippen LogP contribution in [0.25, 0.3) is 0 Å². The first-order valence-electron chi connectivity index (χ1n) is 5.22. The number of allylic oxidation sites excluding steroid dienone is 4. The van der Waals surface area contributed by atoms with Gasteiger partial charge in [-0.05, 0) is 0 Å². The van der Waals surface area contributed by atoms with Gasteiger partial charge in [0.2, 0.25) is 0 Å². The summed E-state index contributed by atoms with van der Waals surface area (Å²) in [4.78, 5) is 0. The quantitative estimate of drug-likeness (QED) is 0.765. The standard InChI is InChI=1S/C5H5.C4H10N.C3H6.2ClH.Ti/c1-2-4-5-3-1;1-4(2,3)5;1-3-2;;;/h1-3H,4H2;5H,1-3H3;1-2H3;2*1H;/q;-1;;;;+1. The van der Waals surface area contributed by atoms with Crippen LogP contribution in [-0.2, 0) is 17.7 Å². The Hall–Kier alpha value is 0.604. The predicted octanol–water partition coefficient (Wildman–Crippen LogP) is 3.81. The average molecular weight is 300 g/mol. The Labute approximate surface area is 118 Å². The molecular formula is C12H23Cl2NTi. The van der Waals surface area contributed by atoms with E-state index in [2.05, 4.69) is 56.6 Å². The molecule has 0 aromatic rings. The van der Waals surface area contributed by atoms with Gasteiger partial charge >= 0.3 is 94.0 Å². The summed E-state index contributed by atoms with van der Waals surface area (Å²) in [5, 5.41) is 0. The number of halogens is 2. The van der Waals surface area contributed by atoms with E-state index in [0.29, 0.717) is 0 Å². The van der Waals surface area contributed by atoms with Gasteiger partial charge in [-0.15, -0.1) is 24.8 Å². The van der Waals surface area contributed by atoms with Crippen molar-refractivity contribution in [2.75, 3.05) is 0 Å². The molecule has 0 saturated heterocycles. The molecule has 4 heteroatoms. The number of rotatable bonds is 2. The Morgan fingerprint density at radius 3 is 2.12 bits per heavy atom. The largest absolute Gasteiger partial charge is 0.147 e. The van der Waals surface area contributed by atoms with E-state index in [1.54, 1.807) is 7.69 Å². The van der Waals surface area contributed by atoms with Crippen LogP contribution in [0, 0.1) is 0 Å². The van der Waals surface area contributed by atoms with Crippen molar-refractivity contribution in [3.63, 3.8) is 0 Å². The molecule has 0 saturated carbocycles.